The number of hydrogen-bond acceptors (Lipinski definition) is 5. The van der Waals surface area contributed by atoms with Crippen LogP contribution in [0.2, 0.25) is 0 Å². The first-order valence-corrected chi connectivity index (χ1v) is 15.1. The van der Waals surface area contributed by atoms with Crippen molar-refractivity contribution in [3.63, 3.8) is 0 Å². The summed E-state index contributed by atoms with van der Waals surface area (Å²) in [4.78, 5) is 16.4. The smallest absolute Gasteiger partial charge is 0.344 e. The number of ether oxygens (including phenoxy) is 4. The second kappa shape index (κ2) is 11.4. The molecule has 7 rings (SSSR count). The maximum absolute atomic E-state index is 12.7. The fourth-order valence-electron chi connectivity index (χ4n) is 7.50. The summed E-state index contributed by atoms with van der Waals surface area (Å²) in [5.41, 5.74) is -0.0806. The van der Waals surface area contributed by atoms with Crippen molar-refractivity contribution in [1.82, 2.24) is 0 Å². The zero-order chi connectivity index (χ0) is 26.7. The van der Waals surface area contributed by atoms with Crippen molar-refractivity contribution in [3.05, 3.63) is 84.9 Å². The van der Waals surface area contributed by atoms with E-state index in [0.29, 0.717) is 31.0 Å². The molecule has 6 heteroatoms. The third-order valence-corrected chi connectivity index (χ3v) is 10.8. The number of benzene rings is 3. The zero-order valence-electron chi connectivity index (χ0n) is 22.6. The molecule has 3 aromatic rings. The highest BCUT2D eigenvalue weighted by Crippen LogP contribution is 2.62. The number of carbonyl (C=O) groups excluding carboxylic acids is 1. The Labute approximate surface area is 234 Å². The highest BCUT2D eigenvalue weighted by Gasteiger charge is 2.58. The van der Waals surface area contributed by atoms with Crippen molar-refractivity contribution in [3.8, 4) is 5.75 Å². The van der Waals surface area contributed by atoms with Crippen molar-refractivity contribution < 1.29 is 23.7 Å². The first-order valence-electron chi connectivity index (χ1n) is 13.9. The maximum atomic E-state index is 12.7. The molecule has 0 saturated heterocycles. The van der Waals surface area contributed by atoms with Gasteiger partial charge in [0.2, 0.25) is 0 Å². The molecule has 2 unspecified atom stereocenters. The molecule has 4 bridgehead atoms. The van der Waals surface area contributed by atoms with Gasteiger partial charge in [-0.15, -0.1) is 0 Å². The Balaban J connectivity index is 1.06. The van der Waals surface area contributed by atoms with Crippen LogP contribution in [-0.4, -0.2) is 38.7 Å². The molecule has 0 N–H and O–H groups in total. The van der Waals surface area contributed by atoms with Gasteiger partial charge in [-0.3, -0.25) is 0 Å². The minimum absolute atomic E-state index is 0.0277. The summed E-state index contributed by atoms with van der Waals surface area (Å²) in [6.07, 6.45) is 6.71. The van der Waals surface area contributed by atoms with E-state index in [1.165, 1.54) is 21.1 Å². The molecule has 39 heavy (non-hydrogen) atoms. The molecule has 0 spiro atoms. The van der Waals surface area contributed by atoms with Crippen LogP contribution >= 0.6 is 0 Å². The van der Waals surface area contributed by atoms with Gasteiger partial charge >= 0.3 is 5.97 Å². The Hall–Kier alpha value is -2.80. The van der Waals surface area contributed by atoms with Gasteiger partial charge < -0.3 is 18.9 Å². The number of methoxy groups -OCH3 is 1. The minimum atomic E-state index is -0.310. The van der Waals surface area contributed by atoms with Gasteiger partial charge in [-0.05, 0) is 98.9 Å². The summed E-state index contributed by atoms with van der Waals surface area (Å²) in [7, 11) is 1.46. The normalized spacial score (nSPS) is 27.0. The van der Waals surface area contributed by atoms with Gasteiger partial charge in [-0.25, -0.2) is 4.79 Å². The number of rotatable bonds is 11. The molecule has 5 nitrogen and oxygen atoms in total. The van der Waals surface area contributed by atoms with E-state index in [1.807, 2.05) is 24.3 Å². The molecule has 4 aliphatic carbocycles. The van der Waals surface area contributed by atoms with Crippen LogP contribution in [0.4, 0.5) is 0 Å². The standard InChI is InChI=1S/C33H37O5S/c1-35-24-38-33-19-25-16-26(20-33)18-32(17-25,22-33)23-37-31(34)21-36-27-12-14-30(15-13-27)39(28-8-4-2-5-9-28)29-10-6-3-7-11-29/h2-15,25-26H,16-24H2,1H3/q+1. The minimum Gasteiger partial charge on any atom is -0.482 e. The summed E-state index contributed by atoms with van der Waals surface area (Å²) < 4.78 is 23.1. The average Bonchev–Trinajstić information content (AvgIpc) is 2.95. The van der Waals surface area contributed by atoms with Gasteiger partial charge in [0.15, 0.2) is 21.3 Å². The molecular weight excluding hydrogens is 508 g/mol. The van der Waals surface area contributed by atoms with Crippen LogP contribution in [0, 0.1) is 17.3 Å². The Bertz CT molecular complexity index is 1190. The summed E-state index contributed by atoms with van der Waals surface area (Å²) in [5, 5.41) is 0. The second-order valence-electron chi connectivity index (χ2n) is 11.5. The van der Waals surface area contributed by atoms with E-state index < -0.39 is 0 Å². The van der Waals surface area contributed by atoms with E-state index in [4.69, 9.17) is 18.9 Å². The molecule has 0 amide bonds. The SMILES string of the molecule is COCOC12CC3CC(CC(COC(=O)COc4ccc([S+](c5ccccc5)c5ccccc5)cc4)(C3)C1)C2. The van der Waals surface area contributed by atoms with E-state index >= 15 is 0 Å². The lowest BCUT2D eigenvalue weighted by Gasteiger charge is -2.61. The van der Waals surface area contributed by atoms with E-state index in [-0.39, 0.29) is 34.5 Å². The van der Waals surface area contributed by atoms with Crippen LogP contribution in [-0.2, 0) is 29.9 Å². The number of carbonyl (C=O) groups is 1. The summed E-state index contributed by atoms with van der Waals surface area (Å²) in [6, 6.07) is 29.2. The third-order valence-electron chi connectivity index (χ3n) is 8.52. The first-order chi connectivity index (χ1) is 19.1. The maximum Gasteiger partial charge on any atom is 0.344 e. The van der Waals surface area contributed by atoms with Crippen LogP contribution in [0.5, 0.6) is 5.75 Å². The Kier molecular flexibility index (Phi) is 7.70. The van der Waals surface area contributed by atoms with Gasteiger partial charge in [0, 0.05) is 12.5 Å². The average molecular weight is 546 g/mol. The van der Waals surface area contributed by atoms with Gasteiger partial charge in [-0.1, -0.05) is 36.4 Å². The van der Waals surface area contributed by atoms with Crippen LogP contribution in [0.15, 0.2) is 99.6 Å². The molecule has 0 aliphatic heterocycles. The van der Waals surface area contributed by atoms with E-state index in [2.05, 4.69) is 60.7 Å². The number of esters is 1. The molecule has 0 heterocycles. The molecule has 3 aromatic carbocycles. The Morgan fingerprint density at radius 1 is 0.821 bits per heavy atom. The predicted molar refractivity (Wildman–Crippen MR) is 151 cm³/mol. The highest BCUT2D eigenvalue weighted by atomic mass is 32.2. The summed E-state index contributed by atoms with van der Waals surface area (Å²) in [6.45, 7) is 0.701. The summed E-state index contributed by atoms with van der Waals surface area (Å²) in [5.74, 6) is 1.68. The molecular formula is C33H37O5S+. The number of hydrogen-bond donors (Lipinski definition) is 0. The second-order valence-corrected chi connectivity index (χ2v) is 13.6. The van der Waals surface area contributed by atoms with Crippen molar-refractivity contribution in [2.45, 2.75) is 58.8 Å². The van der Waals surface area contributed by atoms with Crippen LogP contribution < -0.4 is 4.74 Å². The monoisotopic (exact) mass is 545 g/mol. The van der Waals surface area contributed by atoms with Crippen molar-refractivity contribution in [2.24, 2.45) is 17.3 Å². The molecule has 4 aliphatic rings. The van der Waals surface area contributed by atoms with Gasteiger partial charge in [-0.2, -0.15) is 0 Å². The largest absolute Gasteiger partial charge is 0.482 e. The van der Waals surface area contributed by atoms with E-state index in [0.717, 1.165) is 32.1 Å². The van der Waals surface area contributed by atoms with Gasteiger partial charge in [0.25, 0.3) is 0 Å². The first kappa shape index (κ1) is 26.4. The molecule has 4 fully saturated rings. The molecule has 0 radical (unpaired) electrons. The van der Waals surface area contributed by atoms with Crippen LogP contribution in [0.1, 0.15) is 38.5 Å². The molecule has 0 aromatic heterocycles. The lowest BCUT2D eigenvalue weighted by Crippen LogP contribution is -2.58. The topological polar surface area (TPSA) is 54.0 Å². The van der Waals surface area contributed by atoms with E-state index in [9.17, 15) is 4.79 Å². The summed E-state index contributed by atoms with van der Waals surface area (Å²) >= 11 is 0. The lowest BCUT2D eigenvalue weighted by molar-refractivity contribution is -0.233. The van der Waals surface area contributed by atoms with E-state index in [1.54, 1.807) is 7.11 Å². The highest BCUT2D eigenvalue weighted by molar-refractivity contribution is 7.97. The van der Waals surface area contributed by atoms with Gasteiger partial charge in [0.1, 0.15) is 12.5 Å². The van der Waals surface area contributed by atoms with Crippen molar-refractivity contribution in [1.29, 1.82) is 0 Å². The molecule has 2 atom stereocenters. The van der Waals surface area contributed by atoms with Crippen molar-refractivity contribution in [2.75, 3.05) is 27.1 Å². The third kappa shape index (κ3) is 5.88. The zero-order valence-corrected chi connectivity index (χ0v) is 23.4. The van der Waals surface area contributed by atoms with Crippen LogP contribution in [0.3, 0.4) is 0 Å². The van der Waals surface area contributed by atoms with Gasteiger partial charge in [0.05, 0.1) is 23.1 Å². The quantitative estimate of drug-likeness (QED) is 0.153. The predicted octanol–water partition coefficient (Wildman–Crippen LogP) is 6.66. The van der Waals surface area contributed by atoms with Crippen molar-refractivity contribution >= 4 is 16.9 Å². The molecule has 4 saturated carbocycles. The Morgan fingerprint density at radius 2 is 1.41 bits per heavy atom. The fourth-order valence-corrected chi connectivity index (χ4v) is 9.58. The Morgan fingerprint density at radius 3 is 2.00 bits per heavy atom. The van der Waals surface area contributed by atoms with Crippen LogP contribution in [0.25, 0.3) is 0 Å². The fraction of sp³-hybridized carbons (Fsp3) is 0.424. The lowest BCUT2D eigenvalue weighted by atomic mass is 9.48. The molecule has 204 valence electrons.